The van der Waals surface area contributed by atoms with E-state index in [1.165, 1.54) is 42.4 Å². The molecule has 8 atom stereocenters. The molecule has 2 aromatic rings. The Hall–Kier alpha value is -2.04. The van der Waals surface area contributed by atoms with Gasteiger partial charge < -0.3 is 18.9 Å². The topological polar surface area (TPSA) is 43.5 Å². The smallest absolute Gasteiger partial charge is 0.122 e. The van der Waals surface area contributed by atoms with Gasteiger partial charge in [0.05, 0.1) is 13.2 Å². The van der Waals surface area contributed by atoms with Crippen LogP contribution in [0.2, 0.25) is 0 Å². The van der Waals surface area contributed by atoms with E-state index in [-0.39, 0.29) is 17.6 Å². The summed E-state index contributed by atoms with van der Waals surface area (Å²) in [5.74, 6) is 7.20. The van der Waals surface area contributed by atoms with Crippen molar-refractivity contribution in [1.29, 1.82) is 0 Å². The van der Waals surface area contributed by atoms with Gasteiger partial charge in [0.25, 0.3) is 0 Å². The van der Waals surface area contributed by atoms with E-state index >= 15 is 0 Å². The second kappa shape index (κ2) is 8.77. The van der Waals surface area contributed by atoms with Crippen LogP contribution in [0.3, 0.4) is 0 Å². The van der Waals surface area contributed by atoms with Crippen molar-refractivity contribution in [3.63, 3.8) is 0 Å². The Bertz CT molecular complexity index is 1100. The summed E-state index contributed by atoms with van der Waals surface area (Å²) in [7, 11) is 0. The van der Waals surface area contributed by atoms with Crippen LogP contribution >= 0.6 is 0 Å². The van der Waals surface area contributed by atoms with Crippen molar-refractivity contribution < 1.29 is 18.9 Å². The maximum atomic E-state index is 6.40. The molecule has 192 valence electrons. The molecule has 0 amide bonds. The molecule has 36 heavy (non-hydrogen) atoms. The summed E-state index contributed by atoms with van der Waals surface area (Å²) in [4.78, 5) is 0. The quantitative estimate of drug-likeness (QED) is 0.386. The van der Waals surface area contributed by atoms with Crippen LogP contribution in [0.15, 0.2) is 42.5 Å². The van der Waals surface area contributed by atoms with Crippen LogP contribution in [0.1, 0.15) is 69.1 Å². The summed E-state index contributed by atoms with van der Waals surface area (Å²) in [6.07, 6.45) is 6.22. The average Bonchev–Trinajstić information content (AvgIpc) is 3.78. The second-order valence-electron chi connectivity index (χ2n) is 12.8. The number of ether oxygens (including phenoxy) is 4. The Balaban J connectivity index is 1.17. The summed E-state index contributed by atoms with van der Waals surface area (Å²) in [6.45, 7) is 10.1. The molecule has 2 heterocycles. The number of epoxide rings is 2. The largest absolute Gasteiger partial charge is 0.491 e. The maximum Gasteiger partial charge on any atom is 0.122 e. The molecule has 7 rings (SSSR count). The van der Waals surface area contributed by atoms with Crippen LogP contribution in [0.5, 0.6) is 11.5 Å². The monoisotopic (exact) mass is 488 g/mol. The molecular weight excluding hydrogens is 448 g/mol. The molecule has 3 aliphatic carbocycles. The van der Waals surface area contributed by atoms with E-state index in [4.69, 9.17) is 18.9 Å². The average molecular weight is 489 g/mol. The Morgan fingerprint density at radius 2 is 1.44 bits per heavy atom. The van der Waals surface area contributed by atoms with E-state index < -0.39 is 0 Å². The van der Waals surface area contributed by atoms with Crippen molar-refractivity contribution in [2.45, 2.75) is 70.0 Å². The first kappa shape index (κ1) is 23.1. The fourth-order valence-corrected chi connectivity index (χ4v) is 7.89. The number of benzene rings is 2. The molecule has 2 aromatic carbocycles. The highest BCUT2D eigenvalue weighted by molar-refractivity contribution is 5.47. The van der Waals surface area contributed by atoms with E-state index in [0.29, 0.717) is 19.1 Å². The molecule has 5 aliphatic rings. The Labute approximate surface area is 215 Å². The summed E-state index contributed by atoms with van der Waals surface area (Å²) in [5, 5.41) is 0. The molecule has 0 N–H and O–H groups in total. The lowest BCUT2D eigenvalue weighted by Gasteiger charge is -2.34. The number of rotatable bonds is 9. The van der Waals surface area contributed by atoms with Crippen LogP contribution in [-0.4, -0.2) is 38.6 Å². The van der Waals surface area contributed by atoms with E-state index in [1.807, 2.05) is 0 Å². The van der Waals surface area contributed by atoms with Gasteiger partial charge in [-0.1, -0.05) is 45.0 Å². The summed E-state index contributed by atoms with van der Waals surface area (Å²) in [6, 6.07) is 15.7. The molecule has 2 bridgehead atoms. The Morgan fingerprint density at radius 3 is 2.17 bits per heavy atom. The van der Waals surface area contributed by atoms with Gasteiger partial charge >= 0.3 is 0 Å². The maximum absolute atomic E-state index is 6.40. The molecule has 0 radical (unpaired) electrons. The minimum Gasteiger partial charge on any atom is -0.491 e. The molecular formula is C32H40O4. The lowest BCUT2D eigenvalue weighted by atomic mass is 9.71. The van der Waals surface area contributed by atoms with Gasteiger partial charge in [-0.3, -0.25) is 0 Å². The zero-order chi connectivity index (χ0) is 24.4. The highest BCUT2D eigenvalue weighted by Crippen LogP contribution is 2.65. The SMILES string of the molecule is CC1CC2C3CC(c4cc(C(C)(C)c5ccc(OCC6CO6)cc5)ccc4OCC4CO4)C(C3)C2C1. The summed E-state index contributed by atoms with van der Waals surface area (Å²) >= 11 is 0. The third kappa shape index (κ3) is 4.24. The zero-order valence-electron chi connectivity index (χ0n) is 22.0. The number of fused-ring (bicyclic) bond motifs is 5. The van der Waals surface area contributed by atoms with E-state index in [0.717, 1.165) is 54.3 Å². The normalized spacial score (nSPS) is 36.1. The van der Waals surface area contributed by atoms with Gasteiger partial charge in [0.15, 0.2) is 0 Å². The van der Waals surface area contributed by atoms with E-state index in [9.17, 15) is 0 Å². The first-order chi connectivity index (χ1) is 17.5. The van der Waals surface area contributed by atoms with Gasteiger partial charge in [-0.2, -0.15) is 0 Å². The van der Waals surface area contributed by atoms with E-state index in [2.05, 4.69) is 63.2 Å². The first-order valence-corrected chi connectivity index (χ1v) is 14.2. The Morgan fingerprint density at radius 1 is 0.778 bits per heavy atom. The minimum absolute atomic E-state index is 0.104. The number of hydrogen-bond donors (Lipinski definition) is 0. The van der Waals surface area contributed by atoms with Crippen LogP contribution in [0.25, 0.3) is 0 Å². The van der Waals surface area contributed by atoms with Crippen LogP contribution in [-0.2, 0) is 14.9 Å². The van der Waals surface area contributed by atoms with Gasteiger partial charge in [-0.15, -0.1) is 0 Å². The number of hydrogen-bond acceptors (Lipinski definition) is 4. The molecule has 4 heteroatoms. The lowest BCUT2D eigenvalue weighted by Crippen LogP contribution is -2.25. The standard InChI is InChI=1S/C32H40O4/c1-19-10-26-20-12-28(27(26)11-19)29(13-20)30-14-22(6-9-31(30)36-18-25-17-35-25)32(2,3)21-4-7-23(8-5-21)33-15-24-16-34-24/h4-9,14,19-20,24-29H,10-13,15-18H2,1-3H3. The predicted molar refractivity (Wildman–Crippen MR) is 140 cm³/mol. The van der Waals surface area contributed by atoms with Crippen molar-refractivity contribution in [2.75, 3.05) is 26.4 Å². The van der Waals surface area contributed by atoms with E-state index in [1.54, 1.807) is 0 Å². The molecule has 2 saturated heterocycles. The Kier molecular flexibility index (Phi) is 5.63. The van der Waals surface area contributed by atoms with Crippen LogP contribution in [0, 0.1) is 29.6 Å². The molecule has 3 saturated carbocycles. The highest BCUT2D eigenvalue weighted by Gasteiger charge is 2.55. The highest BCUT2D eigenvalue weighted by atomic mass is 16.6. The molecule has 2 aliphatic heterocycles. The van der Waals surface area contributed by atoms with Gasteiger partial charge in [0, 0.05) is 5.41 Å². The molecule has 0 aromatic heterocycles. The van der Waals surface area contributed by atoms with Crippen molar-refractivity contribution in [1.82, 2.24) is 0 Å². The van der Waals surface area contributed by atoms with Gasteiger partial charge in [0.1, 0.15) is 36.9 Å². The third-order valence-corrected chi connectivity index (χ3v) is 10.1. The minimum atomic E-state index is -0.104. The summed E-state index contributed by atoms with van der Waals surface area (Å²) < 4.78 is 23.0. The van der Waals surface area contributed by atoms with Crippen molar-refractivity contribution >= 4 is 0 Å². The first-order valence-electron chi connectivity index (χ1n) is 14.2. The van der Waals surface area contributed by atoms with Gasteiger partial charge in [-0.25, -0.2) is 0 Å². The molecule has 4 nitrogen and oxygen atoms in total. The van der Waals surface area contributed by atoms with Crippen LogP contribution < -0.4 is 9.47 Å². The van der Waals surface area contributed by atoms with Crippen molar-refractivity contribution in [3.05, 3.63) is 59.2 Å². The third-order valence-electron chi connectivity index (χ3n) is 10.1. The fourth-order valence-electron chi connectivity index (χ4n) is 7.89. The zero-order valence-corrected chi connectivity index (χ0v) is 22.0. The molecule has 0 spiro atoms. The van der Waals surface area contributed by atoms with Gasteiger partial charge in [-0.05, 0) is 96.1 Å². The molecule has 5 fully saturated rings. The van der Waals surface area contributed by atoms with Gasteiger partial charge in [0.2, 0.25) is 0 Å². The van der Waals surface area contributed by atoms with Crippen LogP contribution in [0.4, 0.5) is 0 Å². The lowest BCUT2D eigenvalue weighted by molar-refractivity contribution is 0.222. The summed E-state index contributed by atoms with van der Waals surface area (Å²) in [5.41, 5.74) is 4.02. The predicted octanol–water partition coefficient (Wildman–Crippen LogP) is 6.35. The second-order valence-corrected chi connectivity index (χ2v) is 12.8. The van der Waals surface area contributed by atoms with Crippen molar-refractivity contribution in [3.8, 4) is 11.5 Å². The van der Waals surface area contributed by atoms with Crippen molar-refractivity contribution in [2.24, 2.45) is 29.6 Å². The molecule has 8 unspecified atom stereocenters. The fraction of sp³-hybridized carbons (Fsp3) is 0.625.